The van der Waals surface area contributed by atoms with E-state index in [-0.39, 0.29) is 18.3 Å². The van der Waals surface area contributed by atoms with E-state index in [1.807, 2.05) is 56.5 Å². The summed E-state index contributed by atoms with van der Waals surface area (Å²) in [5.41, 5.74) is 3.49. The first-order valence-corrected chi connectivity index (χ1v) is 14.5. The van der Waals surface area contributed by atoms with Crippen LogP contribution in [0, 0.1) is 20.8 Å². The van der Waals surface area contributed by atoms with Gasteiger partial charge in [-0.3, -0.25) is 19.1 Å². The maximum absolute atomic E-state index is 13.0. The van der Waals surface area contributed by atoms with E-state index < -0.39 is 11.6 Å². The number of aliphatic imine (C=N–C) groups is 1. The topological polar surface area (TPSA) is 98.5 Å². The molecule has 1 N–H and O–H groups in total. The lowest BCUT2D eigenvalue weighted by Crippen LogP contribution is -2.26. The number of ether oxygens (including phenoxy) is 1. The Morgan fingerprint density at radius 1 is 1.08 bits per heavy atom. The minimum Gasteiger partial charge on any atom is -0.460 e. The van der Waals surface area contributed by atoms with Crippen LogP contribution in [0.5, 0.6) is 0 Å². The van der Waals surface area contributed by atoms with Crippen molar-refractivity contribution in [2.24, 2.45) is 4.99 Å². The minimum atomic E-state index is -0.497. The smallest absolute Gasteiger partial charge is 0.306 e. The van der Waals surface area contributed by atoms with Crippen LogP contribution in [0.3, 0.4) is 0 Å². The number of halogens is 1. The highest BCUT2D eigenvalue weighted by Gasteiger charge is 2.32. The Morgan fingerprint density at radius 3 is 2.49 bits per heavy atom. The largest absolute Gasteiger partial charge is 0.460 e. The monoisotopic (exact) mass is 569 g/mol. The number of carbonyl (C=O) groups is 2. The number of aromatic nitrogens is 3. The number of amides is 1. The van der Waals surface area contributed by atoms with Crippen LogP contribution in [0.1, 0.15) is 92.1 Å². The summed E-state index contributed by atoms with van der Waals surface area (Å²) in [6.07, 6.45) is 2.87. The predicted molar refractivity (Wildman–Crippen MR) is 155 cm³/mol. The van der Waals surface area contributed by atoms with Gasteiger partial charge in [-0.05, 0) is 72.1 Å². The molecule has 208 valence electrons. The molecule has 0 unspecified atom stereocenters. The summed E-state index contributed by atoms with van der Waals surface area (Å²) < 4.78 is 7.39. The van der Waals surface area contributed by atoms with Crippen LogP contribution in [0.2, 0.25) is 5.02 Å². The highest BCUT2D eigenvalue weighted by Crippen LogP contribution is 2.39. The molecular formula is C29H36ClN5O3S. The van der Waals surface area contributed by atoms with Crippen molar-refractivity contribution in [2.75, 3.05) is 6.54 Å². The number of rotatable bonds is 9. The van der Waals surface area contributed by atoms with Crippen molar-refractivity contribution in [2.45, 2.75) is 85.3 Å². The highest BCUT2D eigenvalue weighted by molar-refractivity contribution is 7.15. The van der Waals surface area contributed by atoms with E-state index in [0.717, 1.165) is 52.5 Å². The summed E-state index contributed by atoms with van der Waals surface area (Å²) in [4.78, 5) is 31.2. The van der Waals surface area contributed by atoms with Gasteiger partial charge in [0.1, 0.15) is 22.5 Å². The van der Waals surface area contributed by atoms with E-state index in [9.17, 15) is 9.59 Å². The number of unbranched alkanes of at least 4 members (excludes halogenated alkanes) is 2. The molecule has 0 radical (unpaired) electrons. The molecule has 0 aliphatic carbocycles. The summed E-state index contributed by atoms with van der Waals surface area (Å²) in [6.45, 7) is 12.3. The Balaban J connectivity index is 1.48. The number of thiophene rings is 1. The Kier molecular flexibility index (Phi) is 8.91. The first kappa shape index (κ1) is 29.0. The van der Waals surface area contributed by atoms with Crippen molar-refractivity contribution >= 4 is 40.5 Å². The summed E-state index contributed by atoms with van der Waals surface area (Å²) in [6, 6.07) is 7.14. The van der Waals surface area contributed by atoms with Crippen LogP contribution in [-0.2, 0) is 14.3 Å². The van der Waals surface area contributed by atoms with Gasteiger partial charge in [-0.1, -0.05) is 30.2 Å². The molecule has 1 atom stereocenters. The molecule has 0 saturated carbocycles. The van der Waals surface area contributed by atoms with Gasteiger partial charge in [-0.25, -0.2) is 0 Å². The molecule has 8 nitrogen and oxygen atoms in total. The summed E-state index contributed by atoms with van der Waals surface area (Å²) in [5, 5.41) is 13.5. The van der Waals surface area contributed by atoms with E-state index in [1.165, 1.54) is 4.88 Å². The van der Waals surface area contributed by atoms with Gasteiger partial charge in [0.25, 0.3) is 0 Å². The number of benzene rings is 1. The number of nitrogens with zero attached hydrogens (tertiary/aromatic N) is 4. The molecule has 0 bridgehead atoms. The van der Waals surface area contributed by atoms with Crippen molar-refractivity contribution in [3.8, 4) is 5.00 Å². The van der Waals surface area contributed by atoms with Crippen molar-refractivity contribution in [1.82, 2.24) is 20.1 Å². The van der Waals surface area contributed by atoms with Crippen LogP contribution < -0.4 is 5.32 Å². The third-order valence-corrected chi connectivity index (χ3v) is 7.98. The second kappa shape index (κ2) is 12.0. The molecule has 3 aromatic rings. The normalized spacial score (nSPS) is 14.7. The fourth-order valence-corrected chi connectivity index (χ4v) is 5.91. The molecule has 1 aliphatic rings. The maximum Gasteiger partial charge on any atom is 0.306 e. The van der Waals surface area contributed by atoms with E-state index in [4.69, 9.17) is 21.3 Å². The number of aryl methyl sites for hydroxylation is 2. The Hall–Kier alpha value is -3.04. The fourth-order valence-electron chi connectivity index (χ4n) is 4.57. The quantitative estimate of drug-likeness (QED) is 0.244. The van der Waals surface area contributed by atoms with Crippen LogP contribution in [0.15, 0.2) is 29.3 Å². The zero-order valence-corrected chi connectivity index (χ0v) is 25.0. The number of hydrogen-bond acceptors (Lipinski definition) is 7. The van der Waals surface area contributed by atoms with E-state index in [0.29, 0.717) is 23.8 Å². The number of carbonyl (C=O) groups excluding carboxylic acids is 2. The summed E-state index contributed by atoms with van der Waals surface area (Å²) in [5.74, 6) is 1.13. The van der Waals surface area contributed by atoms with Crippen LogP contribution >= 0.6 is 22.9 Å². The minimum absolute atomic E-state index is 0.100. The number of nitrogens with one attached hydrogen (secondary N) is 1. The van der Waals surface area contributed by atoms with Gasteiger partial charge in [-0.15, -0.1) is 21.5 Å². The molecule has 4 rings (SSSR count). The standard InChI is InChI=1S/C29H36ClN5O3S/c1-17-18(2)39-28-25(17)26(20-11-13-21(30)14-12-20)32-22(27-34-33-19(3)35(27)28)16-23(36)31-15-9-7-8-10-24(37)38-29(4,5)6/h11-14,22H,7-10,15-16H2,1-6H3,(H,31,36)/t22-/m1/s1. The van der Waals surface area contributed by atoms with E-state index in [1.54, 1.807) is 11.3 Å². The first-order chi connectivity index (χ1) is 18.4. The molecule has 1 aliphatic heterocycles. The lowest BCUT2D eigenvalue weighted by molar-refractivity contribution is -0.154. The van der Waals surface area contributed by atoms with Crippen LogP contribution in [-0.4, -0.2) is 44.5 Å². The van der Waals surface area contributed by atoms with Gasteiger partial charge in [0.2, 0.25) is 5.91 Å². The van der Waals surface area contributed by atoms with Gasteiger partial charge in [0.05, 0.1) is 12.1 Å². The van der Waals surface area contributed by atoms with Crippen molar-refractivity contribution in [1.29, 1.82) is 0 Å². The van der Waals surface area contributed by atoms with E-state index in [2.05, 4.69) is 29.4 Å². The lowest BCUT2D eigenvalue weighted by Gasteiger charge is -2.19. The number of hydrogen-bond donors (Lipinski definition) is 1. The summed E-state index contributed by atoms with van der Waals surface area (Å²) >= 11 is 7.86. The number of esters is 1. The van der Waals surface area contributed by atoms with Crippen molar-refractivity contribution in [3.05, 3.63) is 62.5 Å². The SMILES string of the molecule is Cc1sc2c(c1C)C(c1ccc(Cl)cc1)=N[C@H](CC(=O)NCCCCCC(=O)OC(C)(C)C)c1nnc(C)n1-2. The average molecular weight is 570 g/mol. The van der Waals surface area contributed by atoms with Crippen molar-refractivity contribution < 1.29 is 14.3 Å². The van der Waals surface area contributed by atoms with Gasteiger partial charge >= 0.3 is 5.97 Å². The molecule has 2 aromatic heterocycles. The summed E-state index contributed by atoms with van der Waals surface area (Å²) in [7, 11) is 0. The van der Waals surface area contributed by atoms with E-state index >= 15 is 0 Å². The fraction of sp³-hybridized carbons (Fsp3) is 0.483. The first-order valence-electron chi connectivity index (χ1n) is 13.3. The molecule has 39 heavy (non-hydrogen) atoms. The third-order valence-electron chi connectivity index (χ3n) is 6.54. The Bertz CT molecular complexity index is 1390. The molecule has 10 heteroatoms. The molecular weight excluding hydrogens is 534 g/mol. The second-order valence-corrected chi connectivity index (χ2v) is 12.5. The molecule has 1 aromatic carbocycles. The lowest BCUT2D eigenvalue weighted by atomic mass is 9.99. The zero-order chi connectivity index (χ0) is 28.3. The molecule has 3 heterocycles. The predicted octanol–water partition coefficient (Wildman–Crippen LogP) is 6.21. The van der Waals surface area contributed by atoms with Crippen LogP contribution in [0.4, 0.5) is 0 Å². The van der Waals surface area contributed by atoms with Gasteiger partial charge < -0.3 is 10.1 Å². The second-order valence-electron chi connectivity index (χ2n) is 10.9. The van der Waals surface area contributed by atoms with Gasteiger partial charge in [0, 0.05) is 34.0 Å². The molecule has 0 fully saturated rings. The molecule has 0 spiro atoms. The highest BCUT2D eigenvalue weighted by atomic mass is 35.5. The average Bonchev–Trinajstić information content (AvgIpc) is 3.33. The molecule has 1 amide bonds. The van der Waals surface area contributed by atoms with Gasteiger partial charge in [-0.2, -0.15) is 0 Å². The Labute approximate surface area is 238 Å². The Morgan fingerprint density at radius 2 is 1.79 bits per heavy atom. The van der Waals surface area contributed by atoms with Gasteiger partial charge in [0.15, 0.2) is 5.82 Å². The van der Waals surface area contributed by atoms with Crippen LogP contribution in [0.25, 0.3) is 5.00 Å². The number of fused-ring (bicyclic) bond motifs is 3. The van der Waals surface area contributed by atoms with Crippen molar-refractivity contribution in [3.63, 3.8) is 0 Å². The third kappa shape index (κ3) is 6.94. The maximum atomic E-state index is 13.0. The molecule has 0 saturated heterocycles. The zero-order valence-electron chi connectivity index (χ0n) is 23.4.